The number of aryl methyl sites for hydroxylation is 3. The summed E-state index contributed by atoms with van der Waals surface area (Å²) in [5, 5.41) is 13.3. The molecule has 0 radical (unpaired) electrons. The van der Waals surface area contributed by atoms with E-state index in [4.69, 9.17) is 5.26 Å². The molecule has 1 aliphatic carbocycles. The highest BCUT2D eigenvalue weighted by Crippen LogP contribution is 2.24. The van der Waals surface area contributed by atoms with E-state index in [-0.39, 0.29) is 5.91 Å². The summed E-state index contributed by atoms with van der Waals surface area (Å²) in [4.78, 5) is 14.7. The van der Waals surface area contributed by atoms with Crippen LogP contribution in [0.25, 0.3) is 0 Å². The standard InChI is InChI=1S/C18H18N4O/c19-11-16-10-17-12-21(7-2-8-22(17)20-16)18(23)15-6-5-13-3-1-4-14(13)9-15/h5-6,9-10H,1-4,7-8,12H2. The van der Waals surface area contributed by atoms with Crippen molar-refractivity contribution in [1.82, 2.24) is 14.7 Å². The lowest BCUT2D eigenvalue weighted by Gasteiger charge is -2.20. The average Bonchev–Trinajstić information content (AvgIpc) is 3.15. The number of aromatic nitrogens is 2. The van der Waals surface area contributed by atoms with Gasteiger partial charge in [0.25, 0.3) is 5.91 Å². The maximum absolute atomic E-state index is 12.9. The van der Waals surface area contributed by atoms with Crippen LogP contribution < -0.4 is 0 Å². The highest BCUT2D eigenvalue weighted by Gasteiger charge is 2.23. The quantitative estimate of drug-likeness (QED) is 0.812. The van der Waals surface area contributed by atoms with Crippen LogP contribution >= 0.6 is 0 Å². The highest BCUT2D eigenvalue weighted by atomic mass is 16.2. The monoisotopic (exact) mass is 306 g/mol. The summed E-state index contributed by atoms with van der Waals surface area (Å²) in [5.41, 5.74) is 4.84. The summed E-state index contributed by atoms with van der Waals surface area (Å²) in [6.45, 7) is 2.00. The molecule has 4 rings (SSSR count). The first kappa shape index (κ1) is 14.0. The average molecular weight is 306 g/mol. The molecule has 1 aromatic heterocycles. The zero-order valence-corrected chi connectivity index (χ0v) is 13.0. The van der Waals surface area contributed by atoms with Gasteiger partial charge in [-0.3, -0.25) is 9.48 Å². The molecular formula is C18H18N4O. The molecule has 1 aromatic carbocycles. The molecule has 0 saturated heterocycles. The first-order chi connectivity index (χ1) is 11.2. The second kappa shape index (κ2) is 5.54. The Kier molecular flexibility index (Phi) is 3.38. The molecule has 0 saturated carbocycles. The molecule has 0 bridgehead atoms. The van der Waals surface area contributed by atoms with Crippen molar-refractivity contribution < 1.29 is 4.79 Å². The van der Waals surface area contributed by atoms with Crippen LogP contribution in [0.1, 0.15) is 45.7 Å². The fourth-order valence-corrected chi connectivity index (χ4v) is 3.58. The van der Waals surface area contributed by atoms with Gasteiger partial charge in [-0.25, -0.2) is 0 Å². The maximum atomic E-state index is 12.9. The molecule has 1 amide bonds. The van der Waals surface area contributed by atoms with Crippen LogP contribution in [-0.2, 0) is 25.9 Å². The lowest BCUT2D eigenvalue weighted by Crippen LogP contribution is -2.30. The molecule has 0 fully saturated rings. The summed E-state index contributed by atoms with van der Waals surface area (Å²) in [7, 11) is 0. The van der Waals surface area contributed by atoms with Crippen molar-refractivity contribution in [3.63, 3.8) is 0 Å². The lowest BCUT2D eigenvalue weighted by molar-refractivity contribution is 0.0745. The van der Waals surface area contributed by atoms with E-state index in [9.17, 15) is 4.79 Å². The van der Waals surface area contributed by atoms with Crippen LogP contribution in [0.4, 0.5) is 0 Å². The fourth-order valence-electron chi connectivity index (χ4n) is 3.58. The van der Waals surface area contributed by atoms with Gasteiger partial charge >= 0.3 is 0 Å². The van der Waals surface area contributed by atoms with Gasteiger partial charge in [-0.1, -0.05) is 6.07 Å². The number of carbonyl (C=O) groups excluding carboxylic acids is 1. The second-order valence-corrected chi connectivity index (χ2v) is 6.27. The molecule has 5 heteroatoms. The van der Waals surface area contributed by atoms with Gasteiger partial charge in [-0.15, -0.1) is 0 Å². The molecule has 2 aliphatic rings. The van der Waals surface area contributed by atoms with E-state index in [0.717, 1.165) is 43.6 Å². The molecule has 0 N–H and O–H groups in total. The van der Waals surface area contributed by atoms with Gasteiger partial charge in [-0.05, 0) is 55.0 Å². The first-order valence-electron chi connectivity index (χ1n) is 8.12. The van der Waals surface area contributed by atoms with Crippen LogP contribution in [0, 0.1) is 11.3 Å². The maximum Gasteiger partial charge on any atom is 0.254 e. The van der Waals surface area contributed by atoms with Crippen LogP contribution in [-0.4, -0.2) is 27.1 Å². The van der Waals surface area contributed by atoms with Crippen LogP contribution in [0.3, 0.4) is 0 Å². The number of benzene rings is 1. The van der Waals surface area contributed by atoms with Gasteiger partial charge in [0.05, 0.1) is 12.2 Å². The molecule has 0 unspecified atom stereocenters. The zero-order valence-electron chi connectivity index (χ0n) is 13.0. The Hall–Kier alpha value is -2.61. The number of hydrogen-bond acceptors (Lipinski definition) is 3. The van der Waals surface area contributed by atoms with Gasteiger partial charge in [0.2, 0.25) is 0 Å². The third kappa shape index (κ3) is 2.50. The number of carbonyl (C=O) groups is 1. The van der Waals surface area contributed by atoms with E-state index in [0.29, 0.717) is 12.2 Å². The molecule has 0 atom stereocenters. The van der Waals surface area contributed by atoms with Gasteiger partial charge in [-0.2, -0.15) is 10.4 Å². The zero-order chi connectivity index (χ0) is 15.8. The molecule has 23 heavy (non-hydrogen) atoms. The topological polar surface area (TPSA) is 61.9 Å². The van der Waals surface area contributed by atoms with Gasteiger partial charge in [0.1, 0.15) is 6.07 Å². The Balaban J connectivity index is 1.60. The smallest absolute Gasteiger partial charge is 0.254 e. The molecule has 2 aromatic rings. The predicted octanol–water partition coefficient (Wildman–Crippen LogP) is 2.29. The summed E-state index contributed by atoms with van der Waals surface area (Å²) < 4.78 is 1.86. The lowest BCUT2D eigenvalue weighted by atomic mass is 10.1. The van der Waals surface area contributed by atoms with Crippen molar-refractivity contribution in [1.29, 1.82) is 5.26 Å². The Labute approximate surface area is 135 Å². The van der Waals surface area contributed by atoms with E-state index in [1.54, 1.807) is 6.07 Å². The van der Waals surface area contributed by atoms with Crippen molar-refractivity contribution in [2.45, 2.75) is 38.8 Å². The molecule has 1 aliphatic heterocycles. The first-order valence-corrected chi connectivity index (χ1v) is 8.12. The van der Waals surface area contributed by atoms with Gasteiger partial charge in [0, 0.05) is 18.7 Å². The number of nitriles is 1. The summed E-state index contributed by atoms with van der Waals surface area (Å²) in [6, 6.07) is 9.98. The van der Waals surface area contributed by atoms with Crippen molar-refractivity contribution in [2.75, 3.05) is 6.54 Å². The summed E-state index contributed by atoms with van der Waals surface area (Å²) in [6.07, 6.45) is 4.25. The summed E-state index contributed by atoms with van der Waals surface area (Å²) >= 11 is 0. The van der Waals surface area contributed by atoms with Crippen LogP contribution in [0.5, 0.6) is 0 Å². The fraction of sp³-hybridized carbons (Fsp3) is 0.389. The minimum atomic E-state index is 0.0767. The third-order valence-electron chi connectivity index (χ3n) is 4.76. The number of nitrogens with zero attached hydrogens (tertiary/aromatic N) is 4. The van der Waals surface area contributed by atoms with E-state index in [1.807, 2.05) is 15.6 Å². The van der Waals surface area contributed by atoms with Crippen LogP contribution in [0.2, 0.25) is 0 Å². The minimum absolute atomic E-state index is 0.0767. The van der Waals surface area contributed by atoms with E-state index >= 15 is 0 Å². The second-order valence-electron chi connectivity index (χ2n) is 6.27. The SMILES string of the molecule is N#Cc1cc2n(n1)CCCN(C(=O)c1ccc3c(c1)CCC3)C2. The molecule has 0 spiro atoms. The highest BCUT2D eigenvalue weighted by molar-refractivity contribution is 5.94. The Morgan fingerprint density at radius 3 is 2.87 bits per heavy atom. The van der Waals surface area contributed by atoms with Gasteiger partial charge in [0.15, 0.2) is 5.69 Å². The minimum Gasteiger partial charge on any atom is -0.333 e. The van der Waals surface area contributed by atoms with Gasteiger partial charge < -0.3 is 4.90 Å². The normalized spacial score (nSPS) is 16.4. The third-order valence-corrected chi connectivity index (χ3v) is 4.76. The number of amides is 1. The largest absolute Gasteiger partial charge is 0.333 e. The van der Waals surface area contributed by atoms with Crippen molar-refractivity contribution in [3.8, 4) is 6.07 Å². The number of rotatable bonds is 1. The summed E-state index contributed by atoms with van der Waals surface area (Å²) in [5.74, 6) is 0.0767. The van der Waals surface area contributed by atoms with E-state index < -0.39 is 0 Å². The predicted molar refractivity (Wildman–Crippen MR) is 84.8 cm³/mol. The van der Waals surface area contributed by atoms with Crippen molar-refractivity contribution in [3.05, 3.63) is 52.3 Å². The van der Waals surface area contributed by atoms with Crippen molar-refractivity contribution >= 4 is 5.91 Å². The van der Waals surface area contributed by atoms with Crippen LogP contribution in [0.15, 0.2) is 24.3 Å². The molecule has 116 valence electrons. The molecular weight excluding hydrogens is 288 g/mol. The number of fused-ring (bicyclic) bond motifs is 2. The molecule has 5 nitrogen and oxygen atoms in total. The van der Waals surface area contributed by atoms with Crippen molar-refractivity contribution in [2.24, 2.45) is 0 Å². The van der Waals surface area contributed by atoms with E-state index in [1.165, 1.54) is 17.5 Å². The van der Waals surface area contributed by atoms with E-state index in [2.05, 4.69) is 23.3 Å². The molecule has 2 heterocycles. The Bertz CT molecular complexity index is 815. The Morgan fingerprint density at radius 1 is 1.13 bits per heavy atom. The number of hydrogen-bond donors (Lipinski definition) is 0. The Morgan fingerprint density at radius 2 is 2.00 bits per heavy atom.